The maximum absolute atomic E-state index is 12.3. The van der Waals surface area contributed by atoms with Crippen molar-refractivity contribution in [3.8, 4) is 11.5 Å². The van der Waals surface area contributed by atoms with Gasteiger partial charge in [-0.15, -0.1) is 10.2 Å². The number of carbonyl (C=O) groups is 1. The molecular formula is C21H24N4O3. The minimum absolute atomic E-state index is 0.235. The summed E-state index contributed by atoms with van der Waals surface area (Å²) in [6, 6.07) is 9.08. The molecule has 0 bridgehead atoms. The minimum atomic E-state index is -0.260. The van der Waals surface area contributed by atoms with E-state index in [-0.39, 0.29) is 12.7 Å². The number of amides is 1. The van der Waals surface area contributed by atoms with Gasteiger partial charge in [0.1, 0.15) is 5.82 Å². The zero-order chi connectivity index (χ0) is 19.2. The molecule has 0 saturated carbocycles. The van der Waals surface area contributed by atoms with Crippen molar-refractivity contribution in [2.45, 2.75) is 38.6 Å². The second kappa shape index (κ2) is 8.73. The Labute approximate surface area is 164 Å². The van der Waals surface area contributed by atoms with Crippen LogP contribution in [0.25, 0.3) is 0 Å². The van der Waals surface area contributed by atoms with E-state index in [0.717, 1.165) is 24.3 Å². The highest BCUT2D eigenvalue weighted by Gasteiger charge is 2.14. The number of benzene rings is 1. The normalized spacial score (nSPS) is 15.1. The monoisotopic (exact) mass is 380 g/mol. The summed E-state index contributed by atoms with van der Waals surface area (Å²) in [5.74, 6) is 1.85. The third-order valence-electron chi connectivity index (χ3n) is 4.92. The topological polar surface area (TPSA) is 85.4 Å². The summed E-state index contributed by atoms with van der Waals surface area (Å²) in [7, 11) is 0. The molecule has 7 heteroatoms. The fourth-order valence-electron chi connectivity index (χ4n) is 3.35. The van der Waals surface area contributed by atoms with Crippen LogP contribution in [0.2, 0.25) is 0 Å². The quantitative estimate of drug-likeness (QED) is 0.716. The van der Waals surface area contributed by atoms with E-state index in [1.165, 1.54) is 31.3 Å². The van der Waals surface area contributed by atoms with Crippen molar-refractivity contribution in [2.24, 2.45) is 0 Å². The van der Waals surface area contributed by atoms with Crippen LogP contribution in [0.15, 0.2) is 42.0 Å². The number of hydrogen-bond acceptors (Lipinski definition) is 6. The van der Waals surface area contributed by atoms with Gasteiger partial charge in [-0.05, 0) is 61.9 Å². The van der Waals surface area contributed by atoms with Gasteiger partial charge >= 0.3 is 0 Å². The molecule has 1 aliphatic heterocycles. The van der Waals surface area contributed by atoms with Gasteiger partial charge in [-0.2, -0.15) is 0 Å². The van der Waals surface area contributed by atoms with E-state index in [1.807, 2.05) is 18.2 Å². The highest BCUT2D eigenvalue weighted by atomic mass is 16.7. The van der Waals surface area contributed by atoms with Gasteiger partial charge in [0.2, 0.25) is 6.79 Å². The first-order valence-electron chi connectivity index (χ1n) is 9.70. The smallest absolute Gasteiger partial charge is 0.272 e. The van der Waals surface area contributed by atoms with Crippen molar-refractivity contribution in [1.82, 2.24) is 15.5 Å². The number of ether oxygens (including phenoxy) is 2. The first kappa shape index (κ1) is 18.3. The highest BCUT2D eigenvalue weighted by Crippen LogP contribution is 2.32. The number of allylic oxidation sites excluding steroid dienone is 1. The van der Waals surface area contributed by atoms with Crippen molar-refractivity contribution < 1.29 is 14.3 Å². The molecule has 0 atom stereocenters. The highest BCUT2D eigenvalue weighted by molar-refractivity contribution is 5.92. The molecule has 0 spiro atoms. The molecule has 28 heavy (non-hydrogen) atoms. The van der Waals surface area contributed by atoms with Crippen LogP contribution in [0, 0.1) is 0 Å². The molecule has 0 saturated heterocycles. The predicted molar refractivity (Wildman–Crippen MR) is 105 cm³/mol. The van der Waals surface area contributed by atoms with Crippen molar-refractivity contribution >= 4 is 11.7 Å². The predicted octanol–water partition coefficient (Wildman–Crippen LogP) is 3.44. The van der Waals surface area contributed by atoms with Crippen LogP contribution in [-0.2, 0) is 6.54 Å². The van der Waals surface area contributed by atoms with Gasteiger partial charge in [0.25, 0.3) is 5.91 Å². The van der Waals surface area contributed by atoms with E-state index >= 15 is 0 Å². The number of hydrogen-bond donors (Lipinski definition) is 2. The first-order chi connectivity index (χ1) is 13.8. The van der Waals surface area contributed by atoms with E-state index in [4.69, 9.17) is 9.47 Å². The lowest BCUT2D eigenvalue weighted by Crippen LogP contribution is -2.24. The number of nitrogens with one attached hydrogen (secondary N) is 2. The molecule has 0 fully saturated rings. The number of aromatic nitrogens is 2. The van der Waals surface area contributed by atoms with Gasteiger partial charge in [0.15, 0.2) is 17.2 Å². The second-order valence-corrected chi connectivity index (χ2v) is 6.96. The largest absolute Gasteiger partial charge is 0.454 e. The van der Waals surface area contributed by atoms with Crippen LogP contribution >= 0.6 is 0 Å². The molecule has 2 N–H and O–H groups in total. The van der Waals surface area contributed by atoms with Crippen molar-refractivity contribution in [3.05, 3.63) is 53.2 Å². The molecule has 146 valence electrons. The Hall–Kier alpha value is -3.09. The Bertz CT molecular complexity index is 864. The van der Waals surface area contributed by atoms with Crippen LogP contribution < -0.4 is 20.1 Å². The van der Waals surface area contributed by atoms with E-state index in [9.17, 15) is 4.79 Å². The molecule has 1 aromatic heterocycles. The lowest BCUT2D eigenvalue weighted by molar-refractivity contribution is 0.0945. The molecule has 0 unspecified atom stereocenters. The Morgan fingerprint density at radius 3 is 2.82 bits per heavy atom. The maximum atomic E-state index is 12.3. The fraction of sp³-hybridized carbons (Fsp3) is 0.381. The third-order valence-corrected chi connectivity index (χ3v) is 4.92. The molecule has 7 nitrogen and oxygen atoms in total. The zero-order valence-corrected chi connectivity index (χ0v) is 15.7. The van der Waals surface area contributed by atoms with Gasteiger partial charge in [0, 0.05) is 13.1 Å². The van der Waals surface area contributed by atoms with Crippen LogP contribution in [0.3, 0.4) is 0 Å². The van der Waals surface area contributed by atoms with E-state index in [1.54, 1.807) is 12.1 Å². The summed E-state index contributed by atoms with van der Waals surface area (Å²) in [5, 5.41) is 14.3. The zero-order valence-electron chi connectivity index (χ0n) is 15.7. The van der Waals surface area contributed by atoms with Gasteiger partial charge in [-0.3, -0.25) is 4.79 Å². The number of nitrogens with zero attached hydrogens (tertiary/aromatic N) is 2. The van der Waals surface area contributed by atoms with Gasteiger partial charge < -0.3 is 20.1 Å². The second-order valence-electron chi connectivity index (χ2n) is 6.96. The van der Waals surface area contributed by atoms with Crippen LogP contribution in [0.1, 0.15) is 48.2 Å². The molecule has 2 heterocycles. The third kappa shape index (κ3) is 4.60. The summed E-state index contributed by atoms with van der Waals surface area (Å²) in [5.41, 5.74) is 2.74. The molecule has 1 aliphatic carbocycles. The van der Waals surface area contributed by atoms with Gasteiger partial charge in [-0.1, -0.05) is 17.7 Å². The molecule has 1 aromatic carbocycles. The minimum Gasteiger partial charge on any atom is -0.454 e. The number of carbonyl (C=O) groups excluding carboxylic acids is 1. The summed E-state index contributed by atoms with van der Waals surface area (Å²) < 4.78 is 10.6. The van der Waals surface area contributed by atoms with E-state index in [0.29, 0.717) is 23.8 Å². The Morgan fingerprint density at radius 1 is 1.07 bits per heavy atom. The molecule has 2 aromatic rings. The molecular weight excluding hydrogens is 356 g/mol. The number of fused-ring (bicyclic) bond motifs is 1. The van der Waals surface area contributed by atoms with Crippen molar-refractivity contribution in [1.29, 1.82) is 0 Å². The van der Waals surface area contributed by atoms with E-state index in [2.05, 4.69) is 26.9 Å². The van der Waals surface area contributed by atoms with Crippen LogP contribution in [0.5, 0.6) is 11.5 Å². The number of anilines is 1. The van der Waals surface area contributed by atoms with Crippen molar-refractivity contribution in [3.63, 3.8) is 0 Å². The Morgan fingerprint density at radius 2 is 2.00 bits per heavy atom. The van der Waals surface area contributed by atoms with Crippen LogP contribution in [-0.4, -0.2) is 29.4 Å². The molecule has 0 radical (unpaired) electrons. The lowest BCUT2D eigenvalue weighted by atomic mass is 9.97. The maximum Gasteiger partial charge on any atom is 0.272 e. The van der Waals surface area contributed by atoms with Crippen LogP contribution in [0.4, 0.5) is 5.82 Å². The molecule has 4 rings (SSSR count). The average Bonchev–Trinajstić information content (AvgIpc) is 3.21. The number of rotatable bonds is 7. The van der Waals surface area contributed by atoms with Crippen molar-refractivity contribution in [2.75, 3.05) is 18.7 Å². The van der Waals surface area contributed by atoms with Gasteiger partial charge in [0.05, 0.1) is 0 Å². The van der Waals surface area contributed by atoms with E-state index < -0.39 is 0 Å². The summed E-state index contributed by atoms with van der Waals surface area (Å²) in [6.45, 7) is 1.45. The Balaban J connectivity index is 1.25. The lowest BCUT2D eigenvalue weighted by Gasteiger charge is -2.13. The Kier molecular flexibility index (Phi) is 5.70. The van der Waals surface area contributed by atoms with Gasteiger partial charge in [-0.25, -0.2) is 0 Å². The summed E-state index contributed by atoms with van der Waals surface area (Å²) in [6.07, 6.45) is 8.38. The summed E-state index contributed by atoms with van der Waals surface area (Å²) in [4.78, 5) is 12.3. The SMILES string of the molecule is O=C(NCc1ccc2c(c1)OCO2)c1ccc(NCCC2=CCCCC2)nn1. The summed E-state index contributed by atoms with van der Waals surface area (Å²) >= 11 is 0. The first-order valence-corrected chi connectivity index (χ1v) is 9.70. The standard InChI is InChI=1S/C21H24N4O3/c26-21(23-13-16-6-8-18-19(12-16)28-14-27-18)17-7-9-20(25-24-17)22-11-10-15-4-2-1-3-5-15/h4,6-9,12H,1-3,5,10-11,13-14H2,(H,22,25)(H,23,26). The molecule has 1 amide bonds. The average molecular weight is 380 g/mol. The fourth-order valence-corrected chi connectivity index (χ4v) is 3.35. The molecule has 2 aliphatic rings.